The predicted octanol–water partition coefficient (Wildman–Crippen LogP) is 5.15. The zero-order chi connectivity index (χ0) is 13.4. The van der Waals surface area contributed by atoms with Gasteiger partial charge in [-0.15, -0.1) is 0 Å². The van der Waals surface area contributed by atoms with Crippen molar-refractivity contribution in [3.63, 3.8) is 0 Å². The van der Waals surface area contributed by atoms with Crippen molar-refractivity contribution in [2.75, 3.05) is 6.54 Å². The minimum atomic E-state index is 0.249. The first-order chi connectivity index (χ1) is 7.89. The van der Waals surface area contributed by atoms with Crippen molar-refractivity contribution in [3.8, 4) is 0 Å². The molecule has 0 amide bonds. The largest absolute Gasteiger partial charge is 0.312 e. The van der Waals surface area contributed by atoms with E-state index in [-0.39, 0.29) is 5.54 Å². The van der Waals surface area contributed by atoms with E-state index in [0.29, 0.717) is 5.41 Å². The average molecular weight is 241 g/mol. The summed E-state index contributed by atoms with van der Waals surface area (Å²) in [4.78, 5) is 0. The van der Waals surface area contributed by atoms with Crippen molar-refractivity contribution in [2.45, 2.75) is 92.0 Å². The van der Waals surface area contributed by atoms with E-state index in [1.54, 1.807) is 0 Å². The summed E-state index contributed by atoms with van der Waals surface area (Å²) >= 11 is 0. The molecule has 1 heteroatoms. The number of unbranched alkanes of at least 4 members (excludes halogenated alkanes) is 2. The highest BCUT2D eigenvalue weighted by Gasteiger charge is 2.28. The lowest BCUT2D eigenvalue weighted by molar-refractivity contribution is 0.187. The van der Waals surface area contributed by atoms with Crippen molar-refractivity contribution in [2.24, 2.45) is 5.41 Å². The van der Waals surface area contributed by atoms with Crippen molar-refractivity contribution in [1.29, 1.82) is 0 Å². The van der Waals surface area contributed by atoms with E-state index in [9.17, 15) is 0 Å². The van der Waals surface area contributed by atoms with Crippen molar-refractivity contribution >= 4 is 0 Å². The van der Waals surface area contributed by atoms with Crippen LogP contribution in [0.3, 0.4) is 0 Å². The molecule has 0 heterocycles. The van der Waals surface area contributed by atoms with E-state index in [1.165, 1.54) is 51.5 Å². The van der Waals surface area contributed by atoms with Crippen molar-refractivity contribution in [1.82, 2.24) is 5.32 Å². The van der Waals surface area contributed by atoms with Gasteiger partial charge in [0.25, 0.3) is 0 Å². The molecule has 0 rings (SSSR count). The topological polar surface area (TPSA) is 12.0 Å². The fraction of sp³-hybridized carbons (Fsp3) is 1.00. The van der Waals surface area contributed by atoms with Crippen molar-refractivity contribution in [3.05, 3.63) is 0 Å². The van der Waals surface area contributed by atoms with Crippen LogP contribution in [0.5, 0.6) is 0 Å². The summed E-state index contributed by atoms with van der Waals surface area (Å²) in [5.41, 5.74) is 0.790. The quantitative estimate of drug-likeness (QED) is 0.588. The number of rotatable bonds is 9. The predicted molar refractivity (Wildman–Crippen MR) is 79.5 cm³/mol. The van der Waals surface area contributed by atoms with Gasteiger partial charge in [-0.1, -0.05) is 46.5 Å². The van der Waals surface area contributed by atoms with Gasteiger partial charge in [0.15, 0.2) is 0 Å². The first-order valence-electron chi connectivity index (χ1n) is 7.64. The van der Waals surface area contributed by atoms with Crippen LogP contribution in [0.4, 0.5) is 0 Å². The van der Waals surface area contributed by atoms with Gasteiger partial charge in [-0.2, -0.15) is 0 Å². The maximum atomic E-state index is 3.73. The van der Waals surface area contributed by atoms with Gasteiger partial charge >= 0.3 is 0 Å². The zero-order valence-electron chi connectivity index (χ0n) is 13.2. The van der Waals surface area contributed by atoms with E-state index >= 15 is 0 Å². The highest BCUT2D eigenvalue weighted by Crippen LogP contribution is 2.34. The van der Waals surface area contributed by atoms with Crippen LogP contribution in [-0.4, -0.2) is 12.1 Å². The first kappa shape index (κ1) is 17.0. The monoisotopic (exact) mass is 241 g/mol. The molecule has 1 nitrogen and oxygen atoms in total. The molecular formula is C16H35N. The Labute approximate surface area is 110 Å². The standard InChI is InChI=1S/C16H35N/c1-7-10-12-16(9-3,13-11-8-2)14-17-15(4,5)6/h17H,7-14H2,1-6H3. The van der Waals surface area contributed by atoms with E-state index in [2.05, 4.69) is 46.9 Å². The molecule has 1 N–H and O–H groups in total. The fourth-order valence-corrected chi connectivity index (χ4v) is 2.34. The average Bonchev–Trinajstić information content (AvgIpc) is 2.28. The molecule has 0 aromatic rings. The Morgan fingerprint density at radius 3 is 1.59 bits per heavy atom. The Kier molecular flexibility index (Phi) is 8.11. The Bertz CT molecular complexity index is 170. The Morgan fingerprint density at radius 2 is 1.29 bits per heavy atom. The van der Waals surface area contributed by atoms with Crippen LogP contribution >= 0.6 is 0 Å². The molecule has 0 aromatic carbocycles. The highest BCUT2D eigenvalue weighted by molar-refractivity contribution is 4.84. The third kappa shape index (κ3) is 7.81. The second-order valence-electron chi connectivity index (χ2n) is 6.66. The summed E-state index contributed by atoms with van der Waals surface area (Å²) in [7, 11) is 0. The molecule has 0 aliphatic carbocycles. The van der Waals surface area contributed by atoms with E-state index in [1.807, 2.05) is 0 Å². The molecule has 0 fully saturated rings. The van der Waals surface area contributed by atoms with Crippen LogP contribution in [0.25, 0.3) is 0 Å². The second-order valence-corrected chi connectivity index (χ2v) is 6.66. The van der Waals surface area contributed by atoms with E-state index in [4.69, 9.17) is 0 Å². The normalized spacial score (nSPS) is 13.1. The maximum Gasteiger partial charge on any atom is 0.00967 e. The minimum Gasteiger partial charge on any atom is -0.312 e. The van der Waals surface area contributed by atoms with Crippen LogP contribution in [0.1, 0.15) is 86.5 Å². The summed E-state index contributed by atoms with van der Waals surface area (Å²) < 4.78 is 0. The van der Waals surface area contributed by atoms with Gasteiger partial charge in [-0.3, -0.25) is 0 Å². The summed E-state index contributed by atoms with van der Waals surface area (Å²) in [5.74, 6) is 0. The molecule has 0 saturated heterocycles. The molecular weight excluding hydrogens is 206 g/mol. The summed E-state index contributed by atoms with van der Waals surface area (Å²) in [6.45, 7) is 15.0. The summed E-state index contributed by atoms with van der Waals surface area (Å²) in [6.07, 6.45) is 9.50. The molecule has 0 aliphatic rings. The molecule has 0 radical (unpaired) electrons. The van der Waals surface area contributed by atoms with Gasteiger partial charge in [0.05, 0.1) is 0 Å². The van der Waals surface area contributed by atoms with Gasteiger partial charge in [-0.05, 0) is 45.4 Å². The molecule has 0 unspecified atom stereocenters. The van der Waals surface area contributed by atoms with Crippen LogP contribution in [0.15, 0.2) is 0 Å². The molecule has 0 aromatic heterocycles. The fourth-order valence-electron chi connectivity index (χ4n) is 2.34. The lowest BCUT2D eigenvalue weighted by Crippen LogP contribution is -2.44. The lowest BCUT2D eigenvalue weighted by atomic mass is 9.75. The van der Waals surface area contributed by atoms with Crippen LogP contribution in [-0.2, 0) is 0 Å². The second kappa shape index (κ2) is 8.13. The number of nitrogens with one attached hydrogen (secondary N) is 1. The lowest BCUT2D eigenvalue weighted by Gasteiger charge is -2.36. The van der Waals surface area contributed by atoms with Gasteiger partial charge in [0.1, 0.15) is 0 Å². The van der Waals surface area contributed by atoms with E-state index in [0.717, 1.165) is 0 Å². The molecule has 0 saturated carbocycles. The Morgan fingerprint density at radius 1 is 0.824 bits per heavy atom. The number of hydrogen-bond acceptors (Lipinski definition) is 1. The Balaban J connectivity index is 4.43. The molecule has 0 spiro atoms. The van der Waals surface area contributed by atoms with Crippen molar-refractivity contribution < 1.29 is 0 Å². The van der Waals surface area contributed by atoms with Gasteiger partial charge in [0, 0.05) is 12.1 Å². The maximum absolute atomic E-state index is 3.73. The zero-order valence-corrected chi connectivity index (χ0v) is 13.2. The molecule has 0 bridgehead atoms. The molecule has 0 aliphatic heterocycles. The van der Waals surface area contributed by atoms with Gasteiger partial charge in [0.2, 0.25) is 0 Å². The van der Waals surface area contributed by atoms with E-state index < -0.39 is 0 Å². The SMILES string of the molecule is CCCCC(CC)(CCCC)CNC(C)(C)C. The van der Waals surface area contributed by atoms with Crippen LogP contribution < -0.4 is 5.32 Å². The molecule has 17 heavy (non-hydrogen) atoms. The summed E-state index contributed by atoms with van der Waals surface area (Å²) in [5, 5.41) is 3.73. The number of hydrogen-bond donors (Lipinski definition) is 1. The van der Waals surface area contributed by atoms with Crippen LogP contribution in [0.2, 0.25) is 0 Å². The smallest absolute Gasteiger partial charge is 0.00967 e. The highest BCUT2D eigenvalue weighted by atomic mass is 15.0. The van der Waals surface area contributed by atoms with Gasteiger partial charge in [-0.25, -0.2) is 0 Å². The molecule has 104 valence electrons. The Hall–Kier alpha value is -0.0400. The van der Waals surface area contributed by atoms with Crippen LogP contribution in [0, 0.1) is 5.41 Å². The van der Waals surface area contributed by atoms with Gasteiger partial charge < -0.3 is 5.32 Å². The first-order valence-corrected chi connectivity index (χ1v) is 7.64. The third-order valence-corrected chi connectivity index (χ3v) is 3.87. The summed E-state index contributed by atoms with van der Waals surface area (Å²) in [6, 6.07) is 0. The molecule has 0 atom stereocenters. The minimum absolute atomic E-state index is 0.249. The third-order valence-electron chi connectivity index (χ3n) is 3.87.